The molecule has 0 radical (unpaired) electrons. The largest absolute Gasteiger partial charge is 0.744 e. The molecule has 0 aliphatic heterocycles. The lowest BCUT2D eigenvalue weighted by Crippen LogP contribution is -2.47. The van der Waals surface area contributed by atoms with Gasteiger partial charge in [-0.1, -0.05) is 22.4 Å². The summed E-state index contributed by atoms with van der Waals surface area (Å²) in [6.45, 7) is 5.86. The summed E-state index contributed by atoms with van der Waals surface area (Å²) in [5.41, 5.74) is 3.26. The molecule has 0 atom stereocenters. The van der Waals surface area contributed by atoms with E-state index in [-0.39, 0.29) is 4.90 Å². The van der Waals surface area contributed by atoms with E-state index in [0.717, 1.165) is 11.3 Å². The van der Waals surface area contributed by atoms with Gasteiger partial charge in [-0.05, 0) is 32.0 Å². The zero-order valence-corrected chi connectivity index (χ0v) is 12.5. The van der Waals surface area contributed by atoms with E-state index in [9.17, 15) is 13.0 Å². The average Bonchev–Trinajstić information content (AvgIpc) is 2.36. The highest BCUT2D eigenvalue weighted by Gasteiger charge is 2.01. The van der Waals surface area contributed by atoms with Crippen molar-refractivity contribution in [3.8, 4) is 0 Å². The van der Waals surface area contributed by atoms with Crippen molar-refractivity contribution >= 4 is 10.1 Å². The van der Waals surface area contributed by atoms with Gasteiger partial charge in [0.1, 0.15) is 10.1 Å². The number of nitrogens with zero attached hydrogens (tertiary/aromatic N) is 1. The number of hydrogen-bond acceptors (Lipinski definition) is 4. The van der Waals surface area contributed by atoms with Gasteiger partial charge in [0.05, 0.1) is 4.90 Å². The molecule has 1 aromatic heterocycles. The SMILES string of the molecule is Cc1ccc(S(=O)(=O)[O-])cc1.Cc1ccc[n+](N)c1C. The van der Waals surface area contributed by atoms with Crippen LogP contribution >= 0.6 is 0 Å². The molecule has 0 amide bonds. The molecule has 0 saturated heterocycles. The summed E-state index contributed by atoms with van der Waals surface area (Å²) >= 11 is 0. The Morgan fingerprint density at radius 2 is 1.60 bits per heavy atom. The van der Waals surface area contributed by atoms with Crippen molar-refractivity contribution in [2.24, 2.45) is 0 Å². The third-order valence-corrected chi connectivity index (χ3v) is 3.71. The molecular weight excluding hydrogens is 276 g/mol. The molecule has 0 fully saturated rings. The summed E-state index contributed by atoms with van der Waals surface area (Å²) in [6.07, 6.45) is 1.84. The van der Waals surface area contributed by atoms with Gasteiger partial charge >= 0.3 is 0 Å². The molecule has 2 aromatic rings. The van der Waals surface area contributed by atoms with E-state index in [4.69, 9.17) is 5.84 Å². The molecule has 0 aliphatic carbocycles. The minimum Gasteiger partial charge on any atom is -0.744 e. The fourth-order valence-electron chi connectivity index (χ4n) is 1.42. The van der Waals surface area contributed by atoms with E-state index < -0.39 is 10.1 Å². The number of aromatic nitrogens is 1. The van der Waals surface area contributed by atoms with Crippen molar-refractivity contribution in [1.29, 1.82) is 0 Å². The summed E-state index contributed by atoms with van der Waals surface area (Å²) < 4.78 is 32.8. The molecule has 20 heavy (non-hydrogen) atoms. The number of nitrogens with two attached hydrogens (primary N) is 1. The van der Waals surface area contributed by atoms with Gasteiger partial charge < -0.3 is 4.55 Å². The van der Waals surface area contributed by atoms with E-state index in [1.807, 2.05) is 39.1 Å². The smallest absolute Gasteiger partial charge is 0.211 e. The van der Waals surface area contributed by atoms with Crippen molar-refractivity contribution < 1.29 is 17.6 Å². The Hall–Kier alpha value is -1.92. The highest BCUT2D eigenvalue weighted by Crippen LogP contribution is 2.08. The summed E-state index contributed by atoms with van der Waals surface area (Å²) in [6, 6.07) is 9.76. The molecule has 5 nitrogen and oxygen atoms in total. The quantitative estimate of drug-likeness (QED) is 0.486. The van der Waals surface area contributed by atoms with Crippen LogP contribution in [0.15, 0.2) is 47.5 Å². The number of rotatable bonds is 1. The third kappa shape index (κ3) is 4.64. The lowest BCUT2D eigenvalue weighted by Gasteiger charge is -2.05. The predicted octanol–water partition coefficient (Wildman–Crippen LogP) is 1.20. The molecule has 1 heterocycles. The maximum Gasteiger partial charge on any atom is 0.211 e. The maximum absolute atomic E-state index is 10.4. The molecule has 6 heteroatoms. The first-order chi connectivity index (χ1) is 9.21. The van der Waals surface area contributed by atoms with E-state index in [0.29, 0.717) is 0 Å². The predicted molar refractivity (Wildman–Crippen MR) is 75.4 cm³/mol. The van der Waals surface area contributed by atoms with Gasteiger partial charge in [-0.25, -0.2) is 14.3 Å². The third-order valence-electron chi connectivity index (χ3n) is 2.86. The standard InChI is InChI=1S/C7H11N2.C7H8O3S/c1-6-4-3-5-9(8)7(6)2;1-6-2-4-7(5-3-6)11(8,9)10/h3-5H,8H2,1-2H3;2-5H,1H3,(H,8,9,10)/q+1;/p-1. The van der Waals surface area contributed by atoms with Crippen molar-refractivity contribution in [1.82, 2.24) is 0 Å². The Bertz CT molecular complexity index is 660. The Labute approximate surface area is 119 Å². The molecule has 1 aromatic carbocycles. The van der Waals surface area contributed by atoms with Crippen molar-refractivity contribution in [2.75, 3.05) is 5.84 Å². The molecule has 0 saturated carbocycles. The topological polar surface area (TPSA) is 87.1 Å². The normalized spacial score (nSPS) is 10.6. The van der Waals surface area contributed by atoms with Crippen molar-refractivity contribution in [3.05, 3.63) is 59.4 Å². The van der Waals surface area contributed by atoms with E-state index >= 15 is 0 Å². The van der Waals surface area contributed by atoms with Gasteiger partial charge in [-0.3, -0.25) is 0 Å². The molecule has 2 rings (SSSR count). The Balaban J connectivity index is 0.000000204. The van der Waals surface area contributed by atoms with E-state index in [2.05, 4.69) is 0 Å². The van der Waals surface area contributed by atoms with Crippen LogP contribution in [0, 0.1) is 20.8 Å². The van der Waals surface area contributed by atoms with E-state index in [1.54, 1.807) is 16.8 Å². The van der Waals surface area contributed by atoms with Crippen LogP contribution in [0.5, 0.6) is 0 Å². The number of benzene rings is 1. The van der Waals surface area contributed by atoms with E-state index in [1.165, 1.54) is 17.7 Å². The number of nitrogen functional groups attached to an aromatic ring is 1. The first kappa shape index (κ1) is 16.1. The van der Waals surface area contributed by atoms with Gasteiger partial charge in [0.2, 0.25) is 5.69 Å². The van der Waals surface area contributed by atoms with Gasteiger partial charge in [0, 0.05) is 18.6 Å². The van der Waals surface area contributed by atoms with Crippen LogP contribution in [0.1, 0.15) is 16.8 Å². The lowest BCUT2D eigenvalue weighted by molar-refractivity contribution is -0.645. The Morgan fingerprint density at radius 3 is 2.00 bits per heavy atom. The molecule has 0 spiro atoms. The average molecular weight is 294 g/mol. The van der Waals surface area contributed by atoms with Crippen molar-refractivity contribution in [2.45, 2.75) is 25.7 Å². The second kappa shape index (κ2) is 6.49. The minimum absolute atomic E-state index is 0.178. The van der Waals surface area contributed by atoms with Crippen LogP contribution in [0.2, 0.25) is 0 Å². The van der Waals surface area contributed by atoms with Gasteiger partial charge in [-0.15, -0.1) is 0 Å². The lowest BCUT2D eigenvalue weighted by atomic mass is 10.2. The second-order valence-corrected chi connectivity index (χ2v) is 5.83. The highest BCUT2D eigenvalue weighted by molar-refractivity contribution is 7.85. The molecule has 0 unspecified atom stereocenters. The Morgan fingerprint density at radius 1 is 1.05 bits per heavy atom. The summed E-state index contributed by atoms with van der Waals surface area (Å²) in [5, 5.41) is 0. The van der Waals surface area contributed by atoms with Crippen LogP contribution in [-0.4, -0.2) is 13.0 Å². The molecular formula is C14H18N2O3S. The first-order valence-electron chi connectivity index (χ1n) is 5.97. The van der Waals surface area contributed by atoms with Crippen LogP contribution in [0.25, 0.3) is 0 Å². The van der Waals surface area contributed by atoms with Gasteiger partial charge in [0.15, 0.2) is 6.20 Å². The van der Waals surface area contributed by atoms with Crippen LogP contribution in [0.3, 0.4) is 0 Å². The summed E-state index contributed by atoms with van der Waals surface area (Å²) in [5.74, 6) is 5.54. The number of aryl methyl sites for hydroxylation is 2. The summed E-state index contributed by atoms with van der Waals surface area (Å²) in [4.78, 5) is -0.178. The van der Waals surface area contributed by atoms with Gasteiger partial charge in [0.25, 0.3) is 0 Å². The van der Waals surface area contributed by atoms with Crippen LogP contribution in [-0.2, 0) is 10.1 Å². The number of pyridine rings is 1. The fraction of sp³-hybridized carbons (Fsp3) is 0.214. The van der Waals surface area contributed by atoms with Crippen LogP contribution in [0.4, 0.5) is 0 Å². The zero-order valence-electron chi connectivity index (χ0n) is 11.7. The number of hydrogen-bond donors (Lipinski definition) is 1. The van der Waals surface area contributed by atoms with Crippen LogP contribution < -0.4 is 10.5 Å². The zero-order chi connectivity index (χ0) is 15.3. The highest BCUT2D eigenvalue weighted by atomic mass is 32.2. The Kier molecular flexibility index (Phi) is 5.24. The van der Waals surface area contributed by atoms with Crippen molar-refractivity contribution in [3.63, 3.8) is 0 Å². The minimum atomic E-state index is -4.27. The first-order valence-corrected chi connectivity index (χ1v) is 7.38. The maximum atomic E-state index is 10.4. The monoisotopic (exact) mass is 294 g/mol. The molecule has 0 aliphatic rings. The fourth-order valence-corrected chi connectivity index (χ4v) is 1.89. The molecule has 108 valence electrons. The van der Waals surface area contributed by atoms with Gasteiger partial charge in [-0.2, -0.15) is 0 Å². The molecule has 0 bridgehead atoms. The molecule has 2 N–H and O–H groups in total. The summed E-state index contributed by atoms with van der Waals surface area (Å²) in [7, 11) is -4.27. The second-order valence-electron chi connectivity index (χ2n) is 4.45.